The van der Waals surface area contributed by atoms with Crippen molar-refractivity contribution in [2.75, 3.05) is 0 Å². The standard InChI is InChI=1S/C12H17NO3S/c1-8(2)6-10(12(15)16)13-11(14)7-9-4-3-5-17-9/h3-5,8,10H,6-7H2,1-2H3,(H,13,14)(H,15,16)/t10-/m0/s1. The lowest BCUT2D eigenvalue weighted by Crippen LogP contribution is -2.42. The molecule has 0 aliphatic heterocycles. The molecule has 0 aliphatic rings. The van der Waals surface area contributed by atoms with Crippen LogP contribution in [-0.4, -0.2) is 23.0 Å². The Kier molecular flexibility index (Phi) is 5.15. The van der Waals surface area contributed by atoms with E-state index in [0.29, 0.717) is 6.42 Å². The zero-order chi connectivity index (χ0) is 12.8. The van der Waals surface area contributed by atoms with Crippen LogP contribution in [0.15, 0.2) is 17.5 Å². The van der Waals surface area contributed by atoms with Gasteiger partial charge in [-0.3, -0.25) is 4.79 Å². The fourth-order valence-electron chi connectivity index (χ4n) is 1.51. The van der Waals surface area contributed by atoms with Gasteiger partial charge >= 0.3 is 5.97 Å². The van der Waals surface area contributed by atoms with Gasteiger partial charge in [0, 0.05) is 4.88 Å². The summed E-state index contributed by atoms with van der Waals surface area (Å²) in [6.45, 7) is 3.86. The Bertz CT molecular complexity index is 373. The maximum atomic E-state index is 11.6. The largest absolute Gasteiger partial charge is 0.480 e. The first-order chi connectivity index (χ1) is 7.99. The van der Waals surface area contributed by atoms with E-state index in [4.69, 9.17) is 5.11 Å². The van der Waals surface area contributed by atoms with Crippen LogP contribution in [-0.2, 0) is 16.0 Å². The summed E-state index contributed by atoms with van der Waals surface area (Å²) >= 11 is 1.49. The van der Waals surface area contributed by atoms with Crippen molar-refractivity contribution in [3.63, 3.8) is 0 Å². The average Bonchev–Trinajstić information content (AvgIpc) is 2.68. The smallest absolute Gasteiger partial charge is 0.326 e. The highest BCUT2D eigenvalue weighted by molar-refractivity contribution is 7.10. The lowest BCUT2D eigenvalue weighted by Gasteiger charge is -2.16. The Balaban J connectivity index is 2.49. The number of thiophene rings is 1. The molecule has 0 aromatic carbocycles. The number of carbonyl (C=O) groups excluding carboxylic acids is 1. The maximum absolute atomic E-state index is 11.6. The minimum atomic E-state index is -0.974. The zero-order valence-electron chi connectivity index (χ0n) is 9.97. The Morgan fingerprint density at radius 2 is 2.18 bits per heavy atom. The lowest BCUT2D eigenvalue weighted by atomic mass is 10.0. The van der Waals surface area contributed by atoms with Gasteiger partial charge in [0.2, 0.25) is 5.91 Å². The molecule has 1 rings (SSSR count). The van der Waals surface area contributed by atoms with E-state index in [1.54, 1.807) is 0 Å². The molecule has 1 atom stereocenters. The maximum Gasteiger partial charge on any atom is 0.326 e. The summed E-state index contributed by atoms with van der Waals surface area (Å²) < 4.78 is 0. The first-order valence-corrected chi connectivity index (χ1v) is 6.41. The molecule has 0 aliphatic carbocycles. The third kappa shape index (κ3) is 4.99. The number of amides is 1. The summed E-state index contributed by atoms with van der Waals surface area (Å²) in [4.78, 5) is 23.5. The van der Waals surface area contributed by atoms with Crippen LogP contribution in [0.3, 0.4) is 0 Å². The van der Waals surface area contributed by atoms with Gasteiger partial charge in [0.1, 0.15) is 6.04 Å². The van der Waals surface area contributed by atoms with E-state index in [0.717, 1.165) is 4.88 Å². The topological polar surface area (TPSA) is 66.4 Å². The zero-order valence-corrected chi connectivity index (χ0v) is 10.8. The van der Waals surface area contributed by atoms with Crippen molar-refractivity contribution in [1.29, 1.82) is 0 Å². The molecule has 0 bridgehead atoms. The molecule has 0 fully saturated rings. The molecule has 5 heteroatoms. The van der Waals surface area contributed by atoms with Gasteiger partial charge in [0.05, 0.1) is 6.42 Å². The summed E-state index contributed by atoms with van der Waals surface area (Å²) in [6.07, 6.45) is 0.699. The number of carboxylic acids is 1. The molecule has 1 heterocycles. The number of nitrogens with one attached hydrogen (secondary N) is 1. The summed E-state index contributed by atoms with van der Waals surface area (Å²) in [5.41, 5.74) is 0. The van der Waals surface area contributed by atoms with E-state index in [9.17, 15) is 9.59 Å². The van der Waals surface area contributed by atoms with Crippen molar-refractivity contribution in [1.82, 2.24) is 5.32 Å². The summed E-state index contributed by atoms with van der Waals surface area (Å²) in [7, 11) is 0. The Morgan fingerprint density at radius 1 is 1.47 bits per heavy atom. The van der Waals surface area contributed by atoms with Crippen LogP contribution >= 0.6 is 11.3 Å². The Labute approximate surface area is 105 Å². The van der Waals surface area contributed by atoms with E-state index in [2.05, 4.69) is 5.32 Å². The predicted octanol–water partition coefficient (Wildman–Crippen LogP) is 1.91. The Morgan fingerprint density at radius 3 is 2.65 bits per heavy atom. The van der Waals surface area contributed by atoms with Crippen LogP contribution in [0.25, 0.3) is 0 Å². The van der Waals surface area contributed by atoms with Crippen molar-refractivity contribution in [3.05, 3.63) is 22.4 Å². The molecule has 1 aromatic rings. The van der Waals surface area contributed by atoms with E-state index in [1.165, 1.54) is 11.3 Å². The number of aliphatic carboxylic acids is 1. The average molecular weight is 255 g/mol. The van der Waals surface area contributed by atoms with Gasteiger partial charge in [-0.05, 0) is 23.8 Å². The molecule has 0 saturated carbocycles. The quantitative estimate of drug-likeness (QED) is 0.816. The monoisotopic (exact) mass is 255 g/mol. The highest BCUT2D eigenvalue weighted by Crippen LogP contribution is 2.10. The van der Waals surface area contributed by atoms with Crippen molar-refractivity contribution in [3.8, 4) is 0 Å². The minimum absolute atomic E-state index is 0.234. The van der Waals surface area contributed by atoms with Crippen LogP contribution in [0.2, 0.25) is 0 Å². The van der Waals surface area contributed by atoms with E-state index >= 15 is 0 Å². The third-order valence-corrected chi connectivity index (χ3v) is 3.13. The molecule has 0 saturated heterocycles. The lowest BCUT2D eigenvalue weighted by molar-refractivity contribution is -0.142. The predicted molar refractivity (Wildman–Crippen MR) is 67.0 cm³/mol. The molecule has 1 amide bonds. The third-order valence-electron chi connectivity index (χ3n) is 2.26. The second kappa shape index (κ2) is 6.39. The normalized spacial score (nSPS) is 12.4. The summed E-state index contributed by atoms with van der Waals surface area (Å²) in [6, 6.07) is 2.95. The molecule has 94 valence electrons. The van der Waals surface area contributed by atoms with Gasteiger partial charge in [0.15, 0.2) is 0 Å². The molecule has 0 spiro atoms. The first-order valence-electron chi connectivity index (χ1n) is 5.53. The second-order valence-corrected chi connectivity index (χ2v) is 5.38. The van der Waals surface area contributed by atoms with E-state index in [-0.39, 0.29) is 18.2 Å². The summed E-state index contributed by atoms with van der Waals surface area (Å²) in [5.74, 6) is -0.975. The highest BCUT2D eigenvalue weighted by Gasteiger charge is 2.20. The Hall–Kier alpha value is -1.36. The van der Waals surface area contributed by atoms with Crippen LogP contribution in [0.1, 0.15) is 25.1 Å². The molecule has 2 N–H and O–H groups in total. The fourth-order valence-corrected chi connectivity index (χ4v) is 2.21. The van der Waals surface area contributed by atoms with E-state index in [1.807, 2.05) is 31.4 Å². The van der Waals surface area contributed by atoms with Crippen molar-refractivity contribution >= 4 is 23.2 Å². The number of hydrogen-bond acceptors (Lipinski definition) is 3. The van der Waals surface area contributed by atoms with Gasteiger partial charge in [-0.2, -0.15) is 0 Å². The molecular weight excluding hydrogens is 238 g/mol. The van der Waals surface area contributed by atoms with Gasteiger partial charge in [0.25, 0.3) is 0 Å². The van der Waals surface area contributed by atoms with Crippen LogP contribution in [0, 0.1) is 5.92 Å². The first kappa shape index (κ1) is 13.7. The van der Waals surface area contributed by atoms with Crippen LogP contribution in [0.4, 0.5) is 0 Å². The highest BCUT2D eigenvalue weighted by atomic mass is 32.1. The molecular formula is C12H17NO3S. The summed E-state index contributed by atoms with van der Waals surface area (Å²) in [5, 5.41) is 13.4. The van der Waals surface area contributed by atoms with Crippen LogP contribution in [0.5, 0.6) is 0 Å². The molecule has 1 aromatic heterocycles. The SMILES string of the molecule is CC(C)C[C@H](NC(=O)Cc1cccs1)C(=O)O. The van der Waals surface area contributed by atoms with Gasteiger partial charge in [-0.15, -0.1) is 11.3 Å². The van der Waals surface area contributed by atoms with Gasteiger partial charge < -0.3 is 10.4 Å². The van der Waals surface area contributed by atoms with E-state index < -0.39 is 12.0 Å². The molecule has 0 radical (unpaired) electrons. The van der Waals surface area contributed by atoms with Gasteiger partial charge in [-0.25, -0.2) is 4.79 Å². The number of rotatable bonds is 6. The van der Waals surface area contributed by atoms with Crippen LogP contribution < -0.4 is 5.32 Å². The minimum Gasteiger partial charge on any atom is -0.480 e. The van der Waals surface area contributed by atoms with Gasteiger partial charge in [-0.1, -0.05) is 19.9 Å². The number of carboxylic acid groups (broad SMARTS) is 1. The molecule has 17 heavy (non-hydrogen) atoms. The molecule has 0 unspecified atom stereocenters. The number of carbonyl (C=O) groups is 2. The van der Waals surface area contributed by atoms with Crippen molar-refractivity contribution in [2.45, 2.75) is 32.7 Å². The second-order valence-electron chi connectivity index (χ2n) is 4.34. The number of hydrogen-bond donors (Lipinski definition) is 2. The van der Waals surface area contributed by atoms with Crippen molar-refractivity contribution < 1.29 is 14.7 Å². The fraction of sp³-hybridized carbons (Fsp3) is 0.500. The molecule has 4 nitrogen and oxygen atoms in total. The van der Waals surface area contributed by atoms with Crippen molar-refractivity contribution in [2.24, 2.45) is 5.92 Å².